The van der Waals surface area contributed by atoms with E-state index in [9.17, 15) is 4.79 Å². The number of carbonyl (C=O) groups excluding carboxylic acids is 1. The smallest absolute Gasteiger partial charge is 0.225 e. The van der Waals surface area contributed by atoms with E-state index in [1.165, 1.54) is 6.42 Å². The fourth-order valence-electron chi connectivity index (χ4n) is 2.96. The van der Waals surface area contributed by atoms with Crippen LogP contribution in [0.3, 0.4) is 0 Å². The Morgan fingerprint density at radius 2 is 2.12 bits per heavy atom. The highest BCUT2D eigenvalue weighted by atomic mass is 16.5. The van der Waals surface area contributed by atoms with Crippen LogP contribution in [0.25, 0.3) is 0 Å². The van der Waals surface area contributed by atoms with E-state index >= 15 is 0 Å². The Morgan fingerprint density at radius 1 is 1.35 bits per heavy atom. The van der Waals surface area contributed by atoms with Gasteiger partial charge in [0, 0.05) is 26.1 Å². The maximum atomic E-state index is 12.4. The van der Waals surface area contributed by atoms with Gasteiger partial charge in [0.05, 0.1) is 6.61 Å². The van der Waals surface area contributed by atoms with E-state index in [1.54, 1.807) is 7.11 Å². The molecule has 2 fully saturated rings. The summed E-state index contributed by atoms with van der Waals surface area (Å²) in [5, 5.41) is 3.31. The van der Waals surface area contributed by atoms with Crippen molar-refractivity contribution in [2.24, 2.45) is 11.8 Å². The van der Waals surface area contributed by atoms with E-state index in [2.05, 4.69) is 10.2 Å². The van der Waals surface area contributed by atoms with Gasteiger partial charge in [-0.25, -0.2) is 0 Å². The molecule has 0 bridgehead atoms. The summed E-state index contributed by atoms with van der Waals surface area (Å²) in [5.41, 5.74) is 0. The first kappa shape index (κ1) is 12.8. The SMILES string of the molecule is COC[C@@H]1CCCN(C(=O)C2CCNCC2)C1. The van der Waals surface area contributed by atoms with Crippen molar-refractivity contribution in [3.05, 3.63) is 0 Å². The predicted molar refractivity (Wildman–Crippen MR) is 66.8 cm³/mol. The lowest BCUT2D eigenvalue weighted by atomic mass is 9.93. The van der Waals surface area contributed by atoms with Gasteiger partial charge in [0.25, 0.3) is 0 Å². The van der Waals surface area contributed by atoms with Crippen LogP contribution < -0.4 is 5.32 Å². The Kier molecular flexibility index (Phi) is 4.80. The number of hydrogen-bond donors (Lipinski definition) is 1. The average Bonchev–Trinajstić information content (AvgIpc) is 2.40. The second-order valence-corrected chi connectivity index (χ2v) is 5.27. The van der Waals surface area contributed by atoms with Crippen LogP contribution in [-0.2, 0) is 9.53 Å². The lowest BCUT2D eigenvalue weighted by Gasteiger charge is -2.35. The fourth-order valence-corrected chi connectivity index (χ4v) is 2.96. The number of nitrogens with zero attached hydrogens (tertiary/aromatic N) is 1. The molecule has 98 valence electrons. The largest absolute Gasteiger partial charge is 0.384 e. The summed E-state index contributed by atoms with van der Waals surface area (Å²) in [6.45, 7) is 4.62. The van der Waals surface area contributed by atoms with Gasteiger partial charge in [-0.15, -0.1) is 0 Å². The highest BCUT2D eigenvalue weighted by Crippen LogP contribution is 2.21. The molecule has 2 heterocycles. The van der Waals surface area contributed by atoms with Crippen LogP contribution in [0.1, 0.15) is 25.7 Å². The summed E-state index contributed by atoms with van der Waals surface area (Å²) < 4.78 is 5.21. The normalized spacial score (nSPS) is 27.1. The van der Waals surface area contributed by atoms with Crippen LogP contribution in [0.15, 0.2) is 0 Å². The molecule has 0 spiro atoms. The molecule has 2 aliphatic heterocycles. The monoisotopic (exact) mass is 240 g/mol. The molecule has 0 aromatic rings. The number of piperidine rings is 2. The Morgan fingerprint density at radius 3 is 2.82 bits per heavy atom. The van der Waals surface area contributed by atoms with E-state index in [0.29, 0.717) is 11.8 Å². The summed E-state index contributed by atoms with van der Waals surface area (Å²) in [4.78, 5) is 14.4. The summed E-state index contributed by atoms with van der Waals surface area (Å²) in [7, 11) is 1.74. The zero-order chi connectivity index (χ0) is 12.1. The quantitative estimate of drug-likeness (QED) is 0.796. The standard InChI is InChI=1S/C13H24N2O2/c1-17-10-11-3-2-8-15(9-11)13(16)12-4-6-14-7-5-12/h11-12,14H,2-10H2,1H3/t11-/m1/s1. The number of rotatable bonds is 3. The van der Waals surface area contributed by atoms with Gasteiger partial charge in [0.1, 0.15) is 0 Å². The molecule has 0 aromatic heterocycles. The van der Waals surface area contributed by atoms with Crippen LogP contribution in [0.2, 0.25) is 0 Å². The van der Waals surface area contributed by atoms with Crippen molar-refractivity contribution in [3.63, 3.8) is 0 Å². The molecule has 2 aliphatic rings. The zero-order valence-corrected chi connectivity index (χ0v) is 10.8. The molecule has 0 radical (unpaired) electrons. The second-order valence-electron chi connectivity index (χ2n) is 5.27. The number of carbonyl (C=O) groups is 1. The first-order chi connectivity index (χ1) is 8.31. The van der Waals surface area contributed by atoms with E-state index in [4.69, 9.17) is 4.74 Å². The second kappa shape index (κ2) is 6.36. The van der Waals surface area contributed by atoms with Crippen LogP contribution in [-0.4, -0.2) is 50.7 Å². The zero-order valence-electron chi connectivity index (χ0n) is 10.8. The van der Waals surface area contributed by atoms with Crippen LogP contribution in [0.4, 0.5) is 0 Å². The maximum Gasteiger partial charge on any atom is 0.225 e. The van der Waals surface area contributed by atoms with E-state index < -0.39 is 0 Å². The number of hydrogen-bond acceptors (Lipinski definition) is 3. The minimum atomic E-state index is 0.262. The van der Waals surface area contributed by atoms with Gasteiger partial charge in [-0.05, 0) is 44.7 Å². The van der Waals surface area contributed by atoms with Crippen LogP contribution in [0.5, 0.6) is 0 Å². The van der Waals surface area contributed by atoms with E-state index in [0.717, 1.165) is 52.0 Å². The van der Waals surface area contributed by atoms with Crippen molar-refractivity contribution in [3.8, 4) is 0 Å². The van der Waals surface area contributed by atoms with Crippen molar-refractivity contribution in [1.82, 2.24) is 10.2 Å². The maximum absolute atomic E-state index is 12.4. The third-order valence-corrected chi connectivity index (χ3v) is 3.92. The van der Waals surface area contributed by atoms with Crippen LogP contribution >= 0.6 is 0 Å². The summed E-state index contributed by atoms with van der Waals surface area (Å²) in [6, 6.07) is 0. The molecule has 0 unspecified atom stereocenters. The van der Waals surface area contributed by atoms with Gasteiger partial charge in [0.15, 0.2) is 0 Å². The topological polar surface area (TPSA) is 41.6 Å². The highest BCUT2D eigenvalue weighted by molar-refractivity contribution is 5.79. The molecular weight excluding hydrogens is 216 g/mol. The summed E-state index contributed by atoms with van der Waals surface area (Å²) in [5.74, 6) is 1.18. The number of amides is 1. The lowest BCUT2D eigenvalue weighted by Crippen LogP contribution is -2.46. The third kappa shape index (κ3) is 3.42. The number of ether oxygens (including phenoxy) is 1. The third-order valence-electron chi connectivity index (χ3n) is 3.92. The molecule has 4 nitrogen and oxygen atoms in total. The molecule has 1 amide bonds. The van der Waals surface area contributed by atoms with E-state index in [-0.39, 0.29) is 5.92 Å². The minimum absolute atomic E-state index is 0.262. The molecule has 1 N–H and O–H groups in total. The predicted octanol–water partition coefficient (Wildman–Crippen LogP) is 0.871. The Hall–Kier alpha value is -0.610. The number of likely N-dealkylation sites (tertiary alicyclic amines) is 1. The molecular formula is C13H24N2O2. The minimum Gasteiger partial charge on any atom is -0.384 e. The molecule has 0 saturated carbocycles. The Balaban J connectivity index is 1.85. The molecule has 0 aliphatic carbocycles. The van der Waals surface area contributed by atoms with Gasteiger partial charge in [-0.2, -0.15) is 0 Å². The summed E-state index contributed by atoms with van der Waals surface area (Å²) in [6.07, 6.45) is 4.34. The lowest BCUT2D eigenvalue weighted by molar-refractivity contribution is -0.138. The highest BCUT2D eigenvalue weighted by Gasteiger charge is 2.29. The average molecular weight is 240 g/mol. The van der Waals surface area contributed by atoms with Crippen molar-refractivity contribution in [2.45, 2.75) is 25.7 Å². The van der Waals surface area contributed by atoms with E-state index in [1.807, 2.05) is 0 Å². The first-order valence-electron chi connectivity index (χ1n) is 6.79. The molecule has 2 saturated heterocycles. The summed E-state index contributed by atoms with van der Waals surface area (Å²) >= 11 is 0. The molecule has 1 atom stereocenters. The van der Waals surface area contributed by atoms with Gasteiger partial charge >= 0.3 is 0 Å². The van der Waals surface area contributed by atoms with Crippen molar-refractivity contribution >= 4 is 5.91 Å². The molecule has 2 rings (SSSR count). The van der Waals surface area contributed by atoms with Gasteiger partial charge < -0.3 is 15.0 Å². The Bertz CT molecular complexity index is 250. The van der Waals surface area contributed by atoms with Crippen LogP contribution in [0, 0.1) is 11.8 Å². The fraction of sp³-hybridized carbons (Fsp3) is 0.923. The Labute approximate surface area is 104 Å². The van der Waals surface area contributed by atoms with Crippen molar-refractivity contribution < 1.29 is 9.53 Å². The van der Waals surface area contributed by atoms with Gasteiger partial charge in [-0.1, -0.05) is 0 Å². The van der Waals surface area contributed by atoms with Crippen molar-refractivity contribution in [2.75, 3.05) is 39.9 Å². The molecule has 4 heteroatoms. The number of nitrogens with one attached hydrogen (secondary N) is 1. The van der Waals surface area contributed by atoms with Gasteiger partial charge in [0.2, 0.25) is 5.91 Å². The molecule has 0 aromatic carbocycles. The molecule has 17 heavy (non-hydrogen) atoms. The number of methoxy groups -OCH3 is 1. The first-order valence-corrected chi connectivity index (χ1v) is 6.79. The van der Waals surface area contributed by atoms with Crippen molar-refractivity contribution in [1.29, 1.82) is 0 Å². The van der Waals surface area contributed by atoms with Gasteiger partial charge in [-0.3, -0.25) is 4.79 Å².